The van der Waals surface area contributed by atoms with Gasteiger partial charge in [-0.3, -0.25) is 4.68 Å². The summed E-state index contributed by atoms with van der Waals surface area (Å²) in [6.45, 7) is 5.20. The first-order chi connectivity index (χ1) is 9.05. The molecule has 0 amide bonds. The molecule has 19 heavy (non-hydrogen) atoms. The molecule has 1 aliphatic rings. The molecule has 4 nitrogen and oxygen atoms in total. The van der Waals surface area contributed by atoms with E-state index in [2.05, 4.69) is 5.10 Å². The lowest BCUT2D eigenvalue weighted by molar-refractivity contribution is -0.0486. The van der Waals surface area contributed by atoms with E-state index in [0.29, 0.717) is 24.0 Å². The molecular weight excluding hydrogens is 264 g/mol. The highest BCUT2D eigenvalue weighted by atomic mass is 35.5. The van der Waals surface area contributed by atoms with Crippen molar-refractivity contribution in [2.75, 3.05) is 13.7 Å². The number of aryl methyl sites for hydroxylation is 2. The molecule has 5 heteroatoms. The van der Waals surface area contributed by atoms with Crippen molar-refractivity contribution in [3.05, 3.63) is 16.4 Å². The summed E-state index contributed by atoms with van der Waals surface area (Å²) in [7, 11) is 1.63. The average molecular weight is 287 g/mol. The first kappa shape index (κ1) is 14.8. The lowest BCUT2D eigenvalue weighted by Gasteiger charge is -2.27. The zero-order chi connectivity index (χ0) is 14.0. The minimum absolute atomic E-state index is 0.328. The van der Waals surface area contributed by atoms with E-state index in [4.69, 9.17) is 16.3 Å². The van der Waals surface area contributed by atoms with E-state index >= 15 is 0 Å². The highest BCUT2D eigenvalue weighted by Crippen LogP contribution is 2.42. The van der Waals surface area contributed by atoms with Crippen molar-refractivity contribution >= 4 is 11.6 Å². The van der Waals surface area contributed by atoms with Crippen LogP contribution >= 0.6 is 11.6 Å². The Morgan fingerprint density at radius 1 is 1.47 bits per heavy atom. The van der Waals surface area contributed by atoms with Gasteiger partial charge in [-0.15, -0.1) is 0 Å². The van der Waals surface area contributed by atoms with Gasteiger partial charge in [0.15, 0.2) is 0 Å². The van der Waals surface area contributed by atoms with Crippen LogP contribution in [0.5, 0.6) is 0 Å². The zero-order valence-electron chi connectivity index (χ0n) is 11.9. The zero-order valence-corrected chi connectivity index (χ0v) is 12.7. The average Bonchev–Trinajstić information content (AvgIpc) is 3.19. The molecule has 1 heterocycles. The number of rotatable bonds is 7. The molecule has 1 aromatic heterocycles. The Labute approximate surface area is 119 Å². The first-order valence-corrected chi connectivity index (χ1v) is 7.38. The highest BCUT2D eigenvalue weighted by Gasteiger charge is 2.45. The van der Waals surface area contributed by atoms with Gasteiger partial charge in [0, 0.05) is 20.1 Å². The molecule has 1 unspecified atom stereocenters. The van der Waals surface area contributed by atoms with Crippen LogP contribution in [0.1, 0.15) is 38.1 Å². The third kappa shape index (κ3) is 2.96. The number of aromatic nitrogens is 2. The lowest BCUT2D eigenvalue weighted by Crippen LogP contribution is -2.40. The Morgan fingerprint density at radius 3 is 2.63 bits per heavy atom. The lowest BCUT2D eigenvalue weighted by atomic mass is 9.92. The van der Waals surface area contributed by atoms with Crippen LogP contribution in [-0.2, 0) is 24.1 Å². The minimum atomic E-state index is -0.809. The normalized spacial score (nSPS) is 18.6. The number of methoxy groups -OCH3 is 1. The third-order valence-corrected chi connectivity index (χ3v) is 4.34. The number of aliphatic hydroxyl groups is 1. The molecule has 1 aromatic rings. The van der Waals surface area contributed by atoms with Crippen LogP contribution in [0, 0.1) is 5.92 Å². The fraction of sp³-hybridized carbons (Fsp3) is 0.786. The van der Waals surface area contributed by atoms with Gasteiger partial charge in [-0.2, -0.15) is 5.10 Å². The van der Waals surface area contributed by atoms with Crippen LogP contribution < -0.4 is 0 Å². The quantitative estimate of drug-likeness (QED) is 0.837. The fourth-order valence-electron chi connectivity index (χ4n) is 2.66. The van der Waals surface area contributed by atoms with Crippen molar-refractivity contribution in [3.8, 4) is 0 Å². The molecular formula is C14H23ClN2O2. The Morgan fingerprint density at radius 2 is 2.16 bits per heavy atom. The van der Waals surface area contributed by atoms with Gasteiger partial charge in [0.1, 0.15) is 0 Å². The molecule has 0 spiro atoms. The third-order valence-electron chi connectivity index (χ3n) is 3.90. The molecule has 0 aliphatic heterocycles. The van der Waals surface area contributed by atoms with E-state index in [1.165, 1.54) is 0 Å². The predicted octanol–water partition coefficient (Wildman–Crippen LogP) is 2.45. The summed E-state index contributed by atoms with van der Waals surface area (Å²) in [6.07, 6.45) is 3.47. The molecule has 0 aromatic carbocycles. The summed E-state index contributed by atoms with van der Waals surface area (Å²) in [4.78, 5) is 0. The van der Waals surface area contributed by atoms with Crippen LogP contribution in [0.4, 0.5) is 0 Å². The Hall–Kier alpha value is -0.580. The second-order valence-electron chi connectivity index (χ2n) is 5.36. The van der Waals surface area contributed by atoms with E-state index in [-0.39, 0.29) is 0 Å². The maximum Gasteiger partial charge on any atom is 0.0963 e. The predicted molar refractivity (Wildman–Crippen MR) is 75.5 cm³/mol. The van der Waals surface area contributed by atoms with Gasteiger partial charge in [0.2, 0.25) is 0 Å². The Bertz CT molecular complexity index is 443. The number of hydrogen-bond acceptors (Lipinski definition) is 3. The maximum atomic E-state index is 10.8. The second-order valence-corrected chi connectivity index (χ2v) is 5.74. The number of hydrogen-bond donors (Lipinski definition) is 1. The van der Waals surface area contributed by atoms with Gasteiger partial charge in [0.05, 0.1) is 28.6 Å². The molecule has 0 bridgehead atoms. The summed E-state index contributed by atoms with van der Waals surface area (Å²) < 4.78 is 7.11. The second kappa shape index (κ2) is 5.81. The van der Waals surface area contributed by atoms with Gasteiger partial charge in [-0.1, -0.05) is 18.5 Å². The van der Waals surface area contributed by atoms with Crippen molar-refractivity contribution in [2.45, 2.75) is 51.7 Å². The maximum absolute atomic E-state index is 10.8. The summed E-state index contributed by atoms with van der Waals surface area (Å²) in [5, 5.41) is 16.0. The fourth-order valence-corrected chi connectivity index (χ4v) is 3.00. The van der Waals surface area contributed by atoms with Gasteiger partial charge in [0.25, 0.3) is 0 Å². The van der Waals surface area contributed by atoms with Crippen molar-refractivity contribution in [1.82, 2.24) is 9.78 Å². The summed E-state index contributed by atoms with van der Waals surface area (Å²) in [5.74, 6) is 0.328. The van der Waals surface area contributed by atoms with Crippen LogP contribution in [0.2, 0.25) is 5.02 Å². The van der Waals surface area contributed by atoms with E-state index < -0.39 is 5.60 Å². The minimum Gasteiger partial charge on any atom is -0.387 e. The van der Waals surface area contributed by atoms with Crippen molar-refractivity contribution in [3.63, 3.8) is 0 Å². The molecule has 1 aliphatic carbocycles. The van der Waals surface area contributed by atoms with E-state index in [9.17, 15) is 5.11 Å². The van der Waals surface area contributed by atoms with Crippen molar-refractivity contribution < 1.29 is 9.84 Å². The molecule has 1 saturated carbocycles. The number of halogens is 1. The van der Waals surface area contributed by atoms with Crippen LogP contribution in [0.15, 0.2) is 0 Å². The van der Waals surface area contributed by atoms with Crippen molar-refractivity contribution in [2.24, 2.45) is 5.92 Å². The van der Waals surface area contributed by atoms with Gasteiger partial charge in [-0.25, -0.2) is 0 Å². The number of nitrogens with zero attached hydrogens (tertiary/aromatic N) is 2. The SMILES string of the molecule is CCc1nn(CC)c(CC(O)(COC)C2CC2)c1Cl. The standard InChI is InChI=1S/C14H23ClN2O2/c1-4-11-13(15)12(17(5-2)16-11)8-14(18,9-19-3)10-6-7-10/h10,18H,4-9H2,1-3H3. The molecule has 0 saturated heterocycles. The summed E-state index contributed by atoms with van der Waals surface area (Å²) in [5.41, 5.74) is 1.04. The van der Waals surface area contributed by atoms with Crippen LogP contribution in [0.25, 0.3) is 0 Å². The smallest absolute Gasteiger partial charge is 0.0963 e. The summed E-state index contributed by atoms with van der Waals surface area (Å²) in [6, 6.07) is 0. The van der Waals surface area contributed by atoms with Crippen molar-refractivity contribution in [1.29, 1.82) is 0 Å². The molecule has 1 N–H and O–H groups in total. The van der Waals surface area contributed by atoms with E-state index in [1.54, 1.807) is 7.11 Å². The summed E-state index contributed by atoms with van der Waals surface area (Å²) >= 11 is 6.40. The monoisotopic (exact) mass is 286 g/mol. The molecule has 108 valence electrons. The van der Waals surface area contributed by atoms with Gasteiger partial charge in [-0.05, 0) is 32.1 Å². The molecule has 2 rings (SSSR count). The molecule has 1 fully saturated rings. The topological polar surface area (TPSA) is 47.3 Å². The Kier molecular flexibility index (Phi) is 4.54. The molecule has 0 radical (unpaired) electrons. The first-order valence-electron chi connectivity index (χ1n) is 7.01. The number of ether oxygens (including phenoxy) is 1. The highest BCUT2D eigenvalue weighted by molar-refractivity contribution is 6.31. The Balaban J connectivity index is 2.27. The van der Waals surface area contributed by atoms with E-state index in [1.807, 2.05) is 18.5 Å². The van der Waals surface area contributed by atoms with Gasteiger partial charge < -0.3 is 9.84 Å². The van der Waals surface area contributed by atoms with E-state index in [0.717, 1.165) is 37.2 Å². The largest absolute Gasteiger partial charge is 0.387 e. The van der Waals surface area contributed by atoms with Gasteiger partial charge >= 0.3 is 0 Å². The molecule has 1 atom stereocenters. The van der Waals surface area contributed by atoms with Crippen LogP contribution in [-0.4, -0.2) is 34.2 Å². The van der Waals surface area contributed by atoms with Crippen LogP contribution in [0.3, 0.4) is 0 Å².